The molecular formula is C56H109NO5. The maximum Gasteiger partial charge on any atom is 0.305 e. The van der Waals surface area contributed by atoms with Crippen LogP contribution in [-0.2, 0) is 14.3 Å². The van der Waals surface area contributed by atoms with Crippen LogP contribution < -0.4 is 5.32 Å². The second-order valence-corrected chi connectivity index (χ2v) is 19.3. The summed E-state index contributed by atoms with van der Waals surface area (Å²) in [6, 6.07) is -0.543. The molecule has 0 aliphatic carbocycles. The molecule has 62 heavy (non-hydrogen) atoms. The molecule has 0 aliphatic rings. The number of nitrogens with one attached hydrogen (secondary N) is 1. The third-order valence-corrected chi connectivity index (χ3v) is 13.1. The van der Waals surface area contributed by atoms with Crippen molar-refractivity contribution in [2.24, 2.45) is 0 Å². The predicted molar refractivity (Wildman–Crippen MR) is 269 cm³/mol. The van der Waals surface area contributed by atoms with Gasteiger partial charge in [-0.25, -0.2) is 0 Å². The van der Waals surface area contributed by atoms with Gasteiger partial charge in [-0.1, -0.05) is 257 Å². The molecule has 6 nitrogen and oxygen atoms in total. The first kappa shape index (κ1) is 60.6. The third kappa shape index (κ3) is 48.1. The normalized spacial score (nSPS) is 12.6. The lowest BCUT2D eigenvalue weighted by Crippen LogP contribution is -2.45. The van der Waals surface area contributed by atoms with Crippen molar-refractivity contribution >= 4 is 11.9 Å². The number of unbranched alkanes of at least 4 members (excludes halogenated alkanes) is 39. The van der Waals surface area contributed by atoms with E-state index in [1.165, 1.54) is 231 Å². The molecule has 368 valence electrons. The number of ether oxygens (including phenoxy) is 1. The fourth-order valence-corrected chi connectivity index (χ4v) is 8.75. The van der Waals surface area contributed by atoms with Gasteiger partial charge in [-0.05, 0) is 51.4 Å². The average molecular weight is 876 g/mol. The summed E-state index contributed by atoms with van der Waals surface area (Å²) in [5.41, 5.74) is 0. The van der Waals surface area contributed by atoms with Gasteiger partial charge >= 0.3 is 5.97 Å². The first-order valence-corrected chi connectivity index (χ1v) is 27.9. The highest BCUT2D eigenvalue weighted by molar-refractivity contribution is 5.76. The second-order valence-electron chi connectivity index (χ2n) is 19.3. The van der Waals surface area contributed by atoms with Crippen molar-refractivity contribution in [3.05, 3.63) is 12.2 Å². The van der Waals surface area contributed by atoms with Crippen LogP contribution in [0, 0.1) is 0 Å². The molecule has 3 N–H and O–H groups in total. The Balaban J connectivity index is 3.38. The number of rotatable bonds is 52. The van der Waals surface area contributed by atoms with E-state index in [1.54, 1.807) is 0 Å². The summed E-state index contributed by atoms with van der Waals surface area (Å²) < 4.78 is 5.48. The van der Waals surface area contributed by atoms with Crippen molar-refractivity contribution in [3.8, 4) is 0 Å². The van der Waals surface area contributed by atoms with Gasteiger partial charge in [0, 0.05) is 12.8 Å². The van der Waals surface area contributed by atoms with E-state index in [1.807, 2.05) is 0 Å². The van der Waals surface area contributed by atoms with E-state index in [4.69, 9.17) is 4.74 Å². The number of hydrogen-bond donors (Lipinski definition) is 3. The topological polar surface area (TPSA) is 95.9 Å². The van der Waals surface area contributed by atoms with Crippen LogP contribution in [0.1, 0.15) is 309 Å². The molecule has 0 spiro atoms. The summed E-state index contributed by atoms with van der Waals surface area (Å²) in [4.78, 5) is 24.5. The molecule has 0 bridgehead atoms. The molecule has 2 atom stereocenters. The van der Waals surface area contributed by atoms with Crippen LogP contribution in [0.2, 0.25) is 0 Å². The van der Waals surface area contributed by atoms with E-state index >= 15 is 0 Å². The zero-order chi connectivity index (χ0) is 45.1. The summed E-state index contributed by atoms with van der Waals surface area (Å²) in [6.07, 6.45) is 60.5. The Morgan fingerprint density at radius 1 is 0.435 bits per heavy atom. The average Bonchev–Trinajstić information content (AvgIpc) is 3.27. The van der Waals surface area contributed by atoms with Gasteiger partial charge < -0.3 is 20.3 Å². The van der Waals surface area contributed by atoms with E-state index in [-0.39, 0.29) is 18.5 Å². The van der Waals surface area contributed by atoms with Crippen molar-refractivity contribution in [3.63, 3.8) is 0 Å². The Bertz CT molecular complexity index is 924. The number of aliphatic hydroxyl groups is 2. The molecule has 0 aromatic heterocycles. The lowest BCUT2D eigenvalue weighted by Gasteiger charge is -2.22. The minimum absolute atomic E-state index is 0.00234. The Morgan fingerprint density at radius 2 is 0.758 bits per heavy atom. The van der Waals surface area contributed by atoms with Gasteiger partial charge in [-0.3, -0.25) is 9.59 Å². The van der Waals surface area contributed by atoms with Gasteiger partial charge in [-0.2, -0.15) is 0 Å². The number of amides is 1. The molecule has 2 unspecified atom stereocenters. The molecule has 0 aromatic rings. The van der Waals surface area contributed by atoms with Crippen molar-refractivity contribution in [1.29, 1.82) is 0 Å². The van der Waals surface area contributed by atoms with Crippen LogP contribution in [0.3, 0.4) is 0 Å². The highest BCUT2D eigenvalue weighted by atomic mass is 16.5. The van der Waals surface area contributed by atoms with Crippen LogP contribution in [0.5, 0.6) is 0 Å². The van der Waals surface area contributed by atoms with Crippen molar-refractivity contribution < 1.29 is 24.5 Å². The van der Waals surface area contributed by atoms with Crippen LogP contribution in [0.4, 0.5) is 0 Å². The number of hydrogen-bond acceptors (Lipinski definition) is 5. The van der Waals surface area contributed by atoms with E-state index in [0.717, 1.165) is 44.9 Å². The molecule has 0 saturated carbocycles. The molecule has 0 rings (SSSR count). The van der Waals surface area contributed by atoms with Crippen molar-refractivity contribution in [2.45, 2.75) is 321 Å². The molecule has 0 heterocycles. The van der Waals surface area contributed by atoms with Crippen molar-refractivity contribution in [1.82, 2.24) is 5.32 Å². The Kier molecular flexibility index (Phi) is 51.0. The van der Waals surface area contributed by atoms with Crippen LogP contribution in [0.25, 0.3) is 0 Å². The minimum Gasteiger partial charge on any atom is -0.466 e. The summed E-state index contributed by atoms with van der Waals surface area (Å²) in [5, 5.41) is 23.2. The standard InChI is InChI=1S/C56H109NO5/c1-3-5-7-9-11-13-15-16-17-19-23-26-30-34-38-42-46-50-56(61)62-51-47-43-39-35-31-27-24-21-18-20-22-25-29-33-37-41-45-49-55(60)57-53(52-58)54(59)48-44-40-36-32-28-14-12-10-8-6-4-2/h16-17,53-54,58-59H,3-15,18-52H2,1-2H3,(H,57,60)/b17-16-. The molecule has 0 radical (unpaired) electrons. The molecule has 0 fully saturated rings. The van der Waals surface area contributed by atoms with E-state index < -0.39 is 12.1 Å². The van der Waals surface area contributed by atoms with Crippen LogP contribution >= 0.6 is 0 Å². The smallest absolute Gasteiger partial charge is 0.305 e. The lowest BCUT2D eigenvalue weighted by atomic mass is 10.0. The first-order chi connectivity index (χ1) is 30.5. The van der Waals surface area contributed by atoms with Gasteiger partial charge in [0.2, 0.25) is 5.91 Å². The molecule has 0 aromatic carbocycles. The fourth-order valence-electron chi connectivity index (χ4n) is 8.75. The zero-order valence-electron chi connectivity index (χ0n) is 41.9. The number of carbonyl (C=O) groups is 2. The first-order valence-electron chi connectivity index (χ1n) is 27.9. The Labute approximate surface area is 387 Å². The van der Waals surface area contributed by atoms with Gasteiger partial charge in [0.25, 0.3) is 0 Å². The zero-order valence-corrected chi connectivity index (χ0v) is 41.9. The van der Waals surface area contributed by atoms with Crippen LogP contribution in [-0.4, -0.2) is 47.4 Å². The van der Waals surface area contributed by atoms with Gasteiger partial charge in [0.1, 0.15) is 0 Å². The SMILES string of the molecule is CCCCCCCC/C=C\CCCCCCCCCC(=O)OCCCCCCCCCCCCCCCCCCCC(=O)NC(CO)C(O)CCCCCCCCCCCCC. The summed E-state index contributed by atoms with van der Waals surface area (Å²) in [5.74, 6) is -0.0381. The molecule has 0 saturated heterocycles. The fraction of sp³-hybridized carbons (Fsp3) is 0.929. The number of aliphatic hydroxyl groups excluding tert-OH is 2. The second kappa shape index (κ2) is 52.2. The van der Waals surface area contributed by atoms with E-state index in [9.17, 15) is 19.8 Å². The maximum absolute atomic E-state index is 12.4. The lowest BCUT2D eigenvalue weighted by molar-refractivity contribution is -0.143. The number of carbonyl (C=O) groups excluding carboxylic acids is 2. The maximum atomic E-state index is 12.4. The highest BCUT2D eigenvalue weighted by Gasteiger charge is 2.20. The summed E-state index contributed by atoms with van der Waals surface area (Å²) >= 11 is 0. The minimum atomic E-state index is -0.666. The highest BCUT2D eigenvalue weighted by Crippen LogP contribution is 2.17. The number of esters is 1. The monoisotopic (exact) mass is 876 g/mol. The van der Waals surface area contributed by atoms with E-state index in [2.05, 4.69) is 31.3 Å². The van der Waals surface area contributed by atoms with E-state index in [0.29, 0.717) is 25.9 Å². The predicted octanol–water partition coefficient (Wildman–Crippen LogP) is 16.9. The number of allylic oxidation sites excluding steroid dienone is 2. The summed E-state index contributed by atoms with van der Waals surface area (Å²) in [6.45, 7) is 4.94. The van der Waals surface area contributed by atoms with Gasteiger partial charge in [0.15, 0.2) is 0 Å². The Morgan fingerprint density at radius 3 is 1.15 bits per heavy atom. The largest absolute Gasteiger partial charge is 0.466 e. The van der Waals surface area contributed by atoms with Gasteiger partial charge in [-0.15, -0.1) is 0 Å². The van der Waals surface area contributed by atoms with Gasteiger partial charge in [0.05, 0.1) is 25.4 Å². The molecule has 0 aliphatic heterocycles. The summed E-state index contributed by atoms with van der Waals surface area (Å²) in [7, 11) is 0. The molecule has 6 heteroatoms. The molecule has 1 amide bonds. The molecular weight excluding hydrogens is 767 g/mol. The van der Waals surface area contributed by atoms with Crippen molar-refractivity contribution in [2.75, 3.05) is 13.2 Å². The van der Waals surface area contributed by atoms with Crippen LogP contribution in [0.15, 0.2) is 12.2 Å². The quantitative estimate of drug-likeness (QED) is 0.0321. The third-order valence-electron chi connectivity index (χ3n) is 13.1. The Hall–Kier alpha value is -1.40.